The average molecular weight is 262 g/mol. The standard InChI is InChI=1S/C15H18FN.CH5N/c1-4-9-13(6-3)17(12-5-2)15-11-8-7-10-14(15)16;1-2/h4,6-11H,1,3,5,12H2,2H3;2H2,1H3/b13-9+;. The number of hydrogen-bond donors (Lipinski definition) is 1. The summed E-state index contributed by atoms with van der Waals surface area (Å²) in [7, 11) is 1.50. The van der Waals surface area contributed by atoms with Crippen molar-refractivity contribution in [3.05, 3.63) is 67.2 Å². The molecule has 0 heterocycles. The van der Waals surface area contributed by atoms with Gasteiger partial charge in [0.05, 0.1) is 5.69 Å². The molecule has 19 heavy (non-hydrogen) atoms. The Kier molecular flexibility index (Phi) is 9.10. The largest absolute Gasteiger partial charge is 0.339 e. The molecule has 0 atom stereocenters. The molecule has 0 bridgehead atoms. The van der Waals surface area contributed by atoms with Crippen molar-refractivity contribution in [1.82, 2.24) is 0 Å². The van der Waals surface area contributed by atoms with Crippen LogP contribution in [-0.4, -0.2) is 13.6 Å². The zero-order chi connectivity index (χ0) is 14.7. The molecule has 1 aromatic carbocycles. The van der Waals surface area contributed by atoms with Crippen molar-refractivity contribution in [3.63, 3.8) is 0 Å². The van der Waals surface area contributed by atoms with Crippen LogP contribution in [-0.2, 0) is 0 Å². The Bertz CT molecular complexity index is 425. The van der Waals surface area contributed by atoms with Crippen LogP contribution in [0.2, 0.25) is 0 Å². The molecule has 2 nitrogen and oxygen atoms in total. The number of rotatable bonds is 6. The third kappa shape index (κ3) is 5.10. The van der Waals surface area contributed by atoms with E-state index in [9.17, 15) is 4.39 Å². The van der Waals surface area contributed by atoms with E-state index >= 15 is 0 Å². The monoisotopic (exact) mass is 262 g/mol. The summed E-state index contributed by atoms with van der Waals surface area (Å²) in [5.74, 6) is -0.224. The Morgan fingerprint density at radius 2 is 1.95 bits per heavy atom. The van der Waals surface area contributed by atoms with E-state index in [-0.39, 0.29) is 5.82 Å². The minimum Gasteiger partial charge on any atom is -0.339 e. The summed E-state index contributed by atoms with van der Waals surface area (Å²) in [6.07, 6.45) is 6.15. The smallest absolute Gasteiger partial charge is 0.146 e. The van der Waals surface area contributed by atoms with Gasteiger partial charge in [-0.1, -0.05) is 38.3 Å². The number of benzene rings is 1. The molecule has 0 aromatic heterocycles. The van der Waals surface area contributed by atoms with Crippen molar-refractivity contribution < 1.29 is 4.39 Å². The van der Waals surface area contributed by atoms with Gasteiger partial charge in [0.15, 0.2) is 0 Å². The maximum absolute atomic E-state index is 13.8. The first-order chi connectivity index (χ1) is 9.24. The van der Waals surface area contributed by atoms with Gasteiger partial charge in [-0.25, -0.2) is 4.39 Å². The average Bonchev–Trinajstić information content (AvgIpc) is 2.46. The Hall–Kier alpha value is -1.87. The highest BCUT2D eigenvalue weighted by Crippen LogP contribution is 2.23. The maximum atomic E-state index is 13.8. The fraction of sp³-hybridized carbons (Fsp3) is 0.250. The first kappa shape index (κ1) is 17.1. The number of anilines is 1. The van der Waals surface area contributed by atoms with Crippen molar-refractivity contribution in [2.24, 2.45) is 5.73 Å². The first-order valence-corrected chi connectivity index (χ1v) is 6.29. The van der Waals surface area contributed by atoms with Crippen molar-refractivity contribution >= 4 is 5.69 Å². The molecule has 0 spiro atoms. The number of nitrogens with two attached hydrogens (primary N) is 1. The number of hydrogen-bond acceptors (Lipinski definition) is 2. The molecule has 0 fully saturated rings. The fourth-order valence-electron chi connectivity index (χ4n) is 1.67. The third-order valence-electron chi connectivity index (χ3n) is 2.40. The molecule has 0 aliphatic carbocycles. The summed E-state index contributed by atoms with van der Waals surface area (Å²) in [6.45, 7) is 10.2. The topological polar surface area (TPSA) is 29.3 Å². The second kappa shape index (κ2) is 10.1. The van der Waals surface area contributed by atoms with Gasteiger partial charge in [-0.15, -0.1) is 0 Å². The van der Waals surface area contributed by atoms with E-state index in [1.54, 1.807) is 24.3 Å². The molecule has 2 N–H and O–H groups in total. The normalized spacial score (nSPS) is 10.2. The minimum atomic E-state index is -0.224. The summed E-state index contributed by atoms with van der Waals surface area (Å²) in [6, 6.07) is 6.75. The van der Waals surface area contributed by atoms with Gasteiger partial charge in [-0.2, -0.15) is 0 Å². The van der Waals surface area contributed by atoms with Gasteiger partial charge in [0.25, 0.3) is 0 Å². The van der Waals surface area contributed by atoms with Crippen LogP contribution in [0.5, 0.6) is 0 Å². The maximum Gasteiger partial charge on any atom is 0.146 e. The van der Waals surface area contributed by atoms with Crippen LogP contribution in [0.3, 0.4) is 0 Å². The van der Waals surface area contributed by atoms with E-state index in [4.69, 9.17) is 0 Å². The van der Waals surface area contributed by atoms with Crippen LogP contribution in [0.15, 0.2) is 61.3 Å². The van der Waals surface area contributed by atoms with E-state index in [0.29, 0.717) is 5.69 Å². The minimum absolute atomic E-state index is 0.224. The van der Waals surface area contributed by atoms with Gasteiger partial charge in [0.2, 0.25) is 0 Å². The van der Waals surface area contributed by atoms with Gasteiger partial charge >= 0.3 is 0 Å². The molecule has 1 rings (SSSR count). The van der Waals surface area contributed by atoms with Gasteiger partial charge in [-0.05, 0) is 37.8 Å². The molecule has 0 radical (unpaired) electrons. The molecule has 0 saturated carbocycles. The SMILES string of the molecule is C=C/C=C(\C=C)N(CCC)c1ccccc1F.CN. The summed E-state index contributed by atoms with van der Waals surface area (Å²) < 4.78 is 13.8. The lowest BCUT2D eigenvalue weighted by Gasteiger charge is -2.25. The lowest BCUT2D eigenvalue weighted by Crippen LogP contribution is -2.23. The van der Waals surface area contributed by atoms with Gasteiger partial charge < -0.3 is 10.6 Å². The summed E-state index contributed by atoms with van der Waals surface area (Å²) in [5.41, 5.74) is 5.93. The Morgan fingerprint density at radius 3 is 2.42 bits per heavy atom. The summed E-state index contributed by atoms with van der Waals surface area (Å²) in [5, 5.41) is 0. The fourth-order valence-corrected chi connectivity index (χ4v) is 1.67. The Balaban J connectivity index is 0.00000154. The van der Waals surface area contributed by atoms with E-state index < -0.39 is 0 Å². The van der Waals surface area contributed by atoms with Crippen molar-refractivity contribution in [2.75, 3.05) is 18.5 Å². The molecule has 3 heteroatoms. The Morgan fingerprint density at radius 1 is 1.32 bits per heavy atom. The second-order valence-electron chi connectivity index (χ2n) is 3.63. The van der Waals surface area contributed by atoms with Crippen LogP contribution < -0.4 is 10.6 Å². The number of halogens is 1. The van der Waals surface area contributed by atoms with Gasteiger partial charge in [0, 0.05) is 12.2 Å². The van der Waals surface area contributed by atoms with Crippen LogP contribution in [0.1, 0.15) is 13.3 Å². The van der Waals surface area contributed by atoms with E-state index in [2.05, 4.69) is 25.8 Å². The zero-order valence-corrected chi connectivity index (χ0v) is 11.8. The zero-order valence-electron chi connectivity index (χ0n) is 11.8. The highest BCUT2D eigenvalue weighted by atomic mass is 19.1. The van der Waals surface area contributed by atoms with E-state index in [1.807, 2.05) is 17.0 Å². The number of nitrogens with zero attached hydrogens (tertiary/aromatic N) is 1. The molecule has 1 aromatic rings. The molecule has 0 unspecified atom stereocenters. The highest BCUT2D eigenvalue weighted by Gasteiger charge is 2.12. The first-order valence-electron chi connectivity index (χ1n) is 6.29. The number of para-hydroxylation sites is 1. The lowest BCUT2D eigenvalue weighted by atomic mass is 10.2. The van der Waals surface area contributed by atoms with Crippen LogP contribution >= 0.6 is 0 Å². The van der Waals surface area contributed by atoms with E-state index in [1.165, 1.54) is 13.1 Å². The van der Waals surface area contributed by atoms with Crippen LogP contribution in [0.4, 0.5) is 10.1 Å². The highest BCUT2D eigenvalue weighted by molar-refractivity contribution is 5.55. The predicted molar refractivity (Wildman–Crippen MR) is 82.6 cm³/mol. The molecule has 0 aliphatic heterocycles. The molecular weight excluding hydrogens is 239 g/mol. The predicted octanol–water partition coefficient (Wildman–Crippen LogP) is 3.87. The van der Waals surface area contributed by atoms with Crippen molar-refractivity contribution in [2.45, 2.75) is 13.3 Å². The molecule has 0 aliphatic rings. The summed E-state index contributed by atoms with van der Waals surface area (Å²) in [4.78, 5) is 1.91. The third-order valence-corrected chi connectivity index (χ3v) is 2.40. The summed E-state index contributed by atoms with van der Waals surface area (Å²) >= 11 is 0. The molecule has 0 saturated heterocycles. The van der Waals surface area contributed by atoms with Crippen molar-refractivity contribution in [3.8, 4) is 0 Å². The van der Waals surface area contributed by atoms with E-state index in [0.717, 1.165) is 18.7 Å². The lowest BCUT2D eigenvalue weighted by molar-refractivity contribution is 0.622. The Labute approximate surface area is 115 Å². The second-order valence-corrected chi connectivity index (χ2v) is 3.63. The number of allylic oxidation sites excluding steroid dienone is 3. The molecular formula is C16H23FN2. The van der Waals surface area contributed by atoms with Gasteiger partial charge in [0.1, 0.15) is 5.82 Å². The van der Waals surface area contributed by atoms with Crippen LogP contribution in [0.25, 0.3) is 0 Å². The van der Waals surface area contributed by atoms with Crippen LogP contribution in [0, 0.1) is 5.82 Å². The quantitative estimate of drug-likeness (QED) is 0.788. The van der Waals surface area contributed by atoms with Crippen molar-refractivity contribution in [1.29, 1.82) is 0 Å². The molecule has 104 valence electrons. The molecule has 0 amide bonds. The van der Waals surface area contributed by atoms with Gasteiger partial charge in [-0.3, -0.25) is 0 Å².